The van der Waals surface area contributed by atoms with Gasteiger partial charge in [0, 0.05) is 30.5 Å². The van der Waals surface area contributed by atoms with E-state index in [4.69, 9.17) is 4.74 Å². The van der Waals surface area contributed by atoms with Crippen LogP contribution in [0.25, 0.3) is 0 Å². The Hall–Kier alpha value is -1.35. The zero-order valence-corrected chi connectivity index (χ0v) is 19.0. The molecular formula is C26H39NO2. The Morgan fingerprint density at radius 3 is 2.59 bits per heavy atom. The van der Waals surface area contributed by atoms with E-state index in [1.807, 2.05) is 0 Å². The largest absolute Gasteiger partial charge is 0.492 e. The monoisotopic (exact) mass is 397 g/mol. The first kappa shape index (κ1) is 20.9. The van der Waals surface area contributed by atoms with E-state index < -0.39 is 0 Å². The van der Waals surface area contributed by atoms with Crippen molar-refractivity contribution in [3.05, 3.63) is 29.3 Å². The summed E-state index contributed by atoms with van der Waals surface area (Å²) in [5.74, 6) is 3.51. The maximum absolute atomic E-state index is 12.5. The van der Waals surface area contributed by atoms with Gasteiger partial charge in [-0.3, -0.25) is 9.69 Å². The number of carbonyl (C=O) groups is 1. The summed E-state index contributed by atoms with van der Waals surface area (Å²) in [6, 6.07) is 7.90. The summed E-state index contributed by atoms with van der Waals surface area (Å²) in [6.07, 6.45) is 6.56. The van der Waals surface area contributed by atoms with Crippen molar-refractivity contribution in [3.63, 3.8) is 0 Å². The van der Waals surface area contributed by atoms with Gasteiger partial charge < -0.3 is 4.74 Å². The average Bonchev–Trinajstić information content (AvgIpc) is 2.99. The van der Waals surface area contributed by atoms with Crippen LogP contribution in [0.2, 0.25) is 0 Å². The number of carbonyl (C=O) groups excluding carboxylic acids is 1. The van der Waals surface area contributed by atoms with Crippen molar-refractivity contribution < 1.29 is 9.53 Å². The number of benzene rings is 1. The molecule has 2 saturated carbocycles. The highest BCUT2D eigenvalue weighted by Gasteiger charge is 2.54. The Kier molecular flexibility index (Phi) is 5.81. The van der Waals surface area contributed by atoms with E-state index in [0.29, 0.717) is 35.6 Å². The zero-order chi connectivity index (χ0) is 20.8. The molecule has 1 aromatic carbocycles. The summed E-state index contributed by atoms with van der Waals surface area (Å²) in [5.41, 5.74) is 3.00. The van der Waals surface area contributed by atoms with Gasteiger partial charge in [-0.05, 0) is 101 Å². The van der Waals surface area contributed by atoms with E-state index in [0.717, 1.165) is 44.6 Å². The molecule has 2 fully saturated rings. The molecule has 0 amide bonds. The minimum atomic E-state index is -0.0274. The third-order valence-corrected chi connectivity index (χ3v) is 8.35. The van der Waals surface area contributed by atoms with Crippen LogP contribution in [0, 0.1) is 17.3 Å². The predicted octanol–water partition coefficient (Wildman–Crippen LogP) is 5.61. The van der Waals surface area contributed by atoms with Gasteiger partial charge in [-0.2, -0.15) is 0 Å². The van der Waals surface area contributed by atoms with Crippen molar-refractivity contribution >= 4 is 5.78 Å². The number of nitrogens with zero attached hydrogens (tertiary/aromatic N) is 1. The molecule has 0 aliphatic heterocycles. The lowest BCUT2D eigenvalue weighted by molar-refractivity contribution is -0.129. The Bertz CT molecular complexity index is 747. The van der Waals surface area contributed by atoms with Crippen molar-refractivity contribution in [1.29, 1.82) is 0 Å². The van der Waals surface area contributed by atoms with Crippen LogP contribution in [0.1, 0.15) is 83.8 Å². The summed E-state index contributed by atoms with van der Waals surface area (Å²) in [5, 5.41) is 0. The van der Waals surface area contributed by atoms with Gasteiger partial charge >= 0.3 is 0 Å². The molecule has 0 N–H and O–H groups in total. The van der Waals surface area contributed by atoms with Gasteiger partial charge in [0.05, 0.1) is 0 Å². The molecule has 3 heteroatoms. The van der Waals surface area contributed by atoms with Gasteiger partial charge in [-0.25, -0.2) is 0 Å². The molecule has 0 aromatic heterocycles. The van der Waals surface area contributed by atoms with Crippen molar-refractivity contribution in [2.75, 3.05) is 13.2 Å². The second-order valence-corrected chi connectivity index (χ2v) is 10.5. The SMILES string of the molecule is CC(C)N(CCOc1ccc2c(c1)CC[C@@H]1[C@@H]2CC[C@]2(C)C(=O)CC[C@@H]12)C(C)C. The van der Waals surface area contributed by atoms with E-state index in [1.165, 1.54) is 18.4 Å². The highest BCUT2D eigenvalue weighted by molar-refractivity contribution is 5.87. The number of rotatable bonds is 6. The Balaban J connectivity index is 1.43. The molecule has 3 nitrogen and oxygen atoms in total. The lowest BCUT2D eigenvalue weighted by Gasteiger charge is -2.48. The molecule has 3 aliphatic rings. The highest BCUT2D eigenvalue weighted by atomic mass is 16.5. The number of fused-ring (bicyclic) bond motifs is 5. The van der Waals surface area contributed by atoms with Crippen molar-refractivity contribution in [1.82, 2.24) is 4.90 Å². The fourth-order valence-corrected chi connectivity index (χ4v) is 6.80. The number of ether oxygens (including phenoxy) is 1. The lowest BCUT2D eigenvalue weighted by Crippen LogP contribution is -2.42. The van der Waals surface area contributed by atoms with E-state index in [2.05, 4.69) is 57.7 Å². The van der Waals surface area contributed by atoms with Crippen molar-refractivity contribution in [3.8, 4) is 5.75 Å². The Morgan fingerprint density at radius 1 is 1.10 bits per heavy atom. The van der Waals surface area contributed by atoms with Gasteiger partial charge in [-0.1, -0.05) is 13.0 Å². The molecule has 0 bridgehead atoms. The first-order valence-corrected chi connectivity index (χ1v) is 11.9. The summed E-state index contributed by atoms with van der Waals surface area (Å²) < 4.78 is 6.15. The van der Waals surface area contributed by atoms with Gasteiger partial charge in [0.25, 0.3) is 0 Å². The van der Waals surface area contributed by atoms with Crippen LogP contribution in [0.15, 0.2) is 18.2 Å². The molecule has 0 heterocycles. The fourth-order valence-electron chi connectivity index (χ4n) is 6.80. The van der Waals surface area contributed by atoms with Crippen LogP contribution >= 0.6 is 0 Å². The minimum absolute atomic E-state index is 0.0274. The predicted molar refractivity (Wildman–Crippen MR) is 119 cm³/mol. The minimum Gasteiger partial charge on any atom is -0.492 e. The Labute approximate surface area is 177 Å². The molecule has 0 radical (unpaired) electrons. The normalized spacial score (nSPS) is 31.2. The van der Waals surface area contributed by atoms with Crippen molar-refractivity contribution in [2.24, 2.45) is 17.3 Å². The quantitative estimate of drug-likeness (QED) is 0.625. The van der Waals surface area contributed by atoms with E-state index >= 15 is 0 Å². The average molecular weight is 398 g/mol. The topological polar surface area (TPSA) is 29.5 Å². The molecule has 0 saturated heterocycles. The molecule has 160 valence electrons. The van der Waals surface area contributed by atoms with Crippen LogP contribution in [-0.4, -0.2) is 35.9 Å². The van der Waals surface area contributed by atoms with Crippen LogP contribution in [0.4, 0.5) is 0 Å². The summed E-state index contributed by atoms with van der Waals surface area (Å²) in [6.45, 7) is 13.0. The van der Waals surface area contributed by atoms with Gasteiger partial charge in [0.15, 0.2) is 0 Å². The second kappa shape index (κ2) is 8.06. The smallest absolute Gasteiger partial charge is 0.139 e. The van der Waals surface area contributed by atoms with Gasteiger partial charge in [0.2, 0.25) is 0 Å². The summed E-state index contributed by atoms with van der Waals surface area (Å²) in [4.78, 5) is 15.0. The van der Waals surface area contributed by atoms with Crippen LogP contribution in [0.3, 0.4) is 0 Å². The maximum atomic E-state index is 12.5. The highest BCUT2D eigenvalue weighted by Crippen LogP contribution is 2.59. The van der Waals surface area contributed by atoms with E-state index in [1.54, 1.807) is 5.56 Å². The van der Waals surface area contributed by atoms with Crippen LogP contribution < -0.4 is 4.74 Å². The third-order valence-electron chi connectivity index (χ3n) is 8.35. The molecule has 0 unspecified atom stereocenters. The number of Topliss-reactive ketones (excluding diaryl/α,β-unsaturated/α-hetero) is 1. The fraction of sp³-hybridized carbons (Fsp3) is 0.731. The zero-order valence-electron chi connectivity index (χ0n) is 19.0. The molecule has 4 atom stereocenters. The number of hydrogen-bond acceptors (Lipinski definition) is 3. The maximum Gasteiger partial charge on any atom is 0.139 e. The molecule has 29 heavy (non-hydrogen) atoms. The number of aryl methyl sites for hydroxylation is 1. The van der Waals surface area contributed by atoms with E-state index in [9.17, 15) is 4.79 Å². The van der Waals surface area contributed by atoms with Crippen LogP contribution in [-0.2, 0) is 11.2 Å². The first-order chi connectivity index (χ1) is 13.8. The number of ketones is 1. The van der Waals surface area contributed by atoms with Gasteiger partial charge in [-0.15, -0.1) is 0 Å². The standard InChI is InChI=1S/C26H39NO2/c1-17(2)27(18(3)4)14-15-29-20-7-9-21-19(16-20)6-8-23-22(21)12-13-26(5)24(23)10-11-25(26)28/h7,9,16-18,22-24H,6,8,10-15H2,1-5H3/t22-,23-,24+,26+/m1/s1. The molecule has 0 spiro atoms. The second-order valence-electron chi connectivity index (χ2n) is 10.5. The summed E-state index contributed by atoms with van der Waals surface area (Å²) in [7, 11) is 0. The molecule has 4 rings (SSSR count). The molecular weight excluding hydrogens is 358 g/mol. The van der Waals surface area contributed by atoms with E-state index in [-0.39, 0.29) is 5.41 Å². The Morgan fingerprint density at radius 2 is 1.86 bits per heavy atom. The number of hydrogen-bond donors (Lipinski definition) is 0. The van der Waals surface area contributed by atoms with Crippen molar-refractivity contribution in [2.45, 2.75) is 91.1 Å². The summed E-state index contributed by atoms with van der Waals surface area (Å²) >= 11 is 0. The molecule has 3 aliphatic carbocycles. The van der Waals surface area contributed by atoms with Crippen LogP contribution in [0.5, 0.6) is 5.75 Å². The lowest BCUT2D eigenvalue weighted by atomic mass is 9.55. The molecule has 1 aromatic rings. The third kappa shape index (κ3) is 3.76. The van der Waals surface area contributed by atoms with Gasteiger partial charge in [0.1, 0.15) is 18.1 Å². The first-order valence-electron chi connectivity index (χ1n) is 11.9.